The molecule has 6 atom stereocenters. The normalized spacial score (nSPS) is 20.1. The van der Waals surface area contributed by atoms with Crippen molar-refractivity contribution >= 4 is 16.4 Å². The van der Waals surface area contributed by atoms with Crippen molar-refractivity contribution in [3.05, 3.63) is 0 Å². The van der Waals surface area contributed by atoms with Crippen LogP contribution in [0, 0.1) is 0 Å². The van der Waals surface area contributed by atoms with E-state index in [0.29, 0.717) is 13.0 Å². The number of esters is 1. The molecule has 1 aliphatic rings. The van der Waals surface area contributed by atoms with Crippen molar-refractivity contribution in [3.8, 4) is 0 Å². The fourth-order valence-electron chi connectivity index (χ4n) is 7.97. The molecule has 1 saturated heterocycles. The van der Waals surface area contributed by atoms with Gasteiger partial charge in [-0.1, -0.05) is 213 Å². The topological polar surface area (TPSA) is 178 Å². The average Bonchev–Trinajstić information content (AvgIpc) is 3.22. The predicted octanol–water partition coefficient (Wildman–Crippen LogP) is 10.9. The van der Waals surface area contributed by atoms with Crippen LogP contribution in [0.4, 0.5) is 0 Å². The SMILES string of the molecule is CCCCCCCCCCCCCCCCCCCCCOCC(COC1OC(CO)C(O)C(OS(=O)(=O)O)C1O)OC(=O)CCCCCCCCCCCCCCCC. The Morgan fingerprint density at radius 1 is 0.567 bits per heavy atom. The molecule has 0 bridgehead atoms. The highest BCUT2D eigenvalue weighted by Gasteiger charge is 2.48. The molecule has 1 aliphatic heterocycles. The maximum absolute atomic E-state index is 12.9. The first kappa shape index (κ1) is 57.1. The van der Waals surface area contributed by atoms with Gasteiger partial charge < -0.3 is 34.3 Å². The first-order chi connectivity index (χ1) is 29.1. The number of hydrogen-bond donors (Lipinski definition) is 4. The lowest BCUT2D eigenvalue weighted by atomic mass is 9.99. The molecule has 13 heteroatoms. The van der Waals surface area contributed by atoms with Crippen molar-refractivity contribution in [2.24, 2.45) is 0 Å². The van der Waals surface area contributed by atoms with Crippen LogP contribution in [0.3, 0.4) is 0 Å². The van der Waals surface area contributed by atoms with Crippen molar-refractivity contribution in [3.63, 3.8) is 0 Å². The third-order valence-electron chi connectivity index (χ3n) is 11.7. The zero-order chi connectivity index (χ0) is 43.9. The van der Waals surface area contributed by atoms with Crippen molar-refractivity contribution < 1.29 is 56.2 Å². The molecule has 12 nitrogen and oxygen atoms in total. The van der Waals surface area contributed by atoms with Gasteiger partial charge in [0.25, 0.3) is 0 Å². The van der Waals surface area contributed by atoms with Crippen LogP contribution < -0.4 is 0 Å². The quantitative estimate of drug-likeness (QED) is 0.0259. The van der Waals surface area contributed by atoms with E-state index >= 15 is 0 Å². The molecule has 0 aromatic carbocycles. The summed E-state index contributed by atoms with van der Waals surface area (Å²) in [5.41, 5.74) is 0. The second-order valence-electron chi connectivity index (χ2n) is 17.4. The summed E-state index contributed by atoms with van der Waals surface area (Å²) in [6.07, 6.45) is 32.8. The molecule has 0 aromatic rings. The van der Waals surface area contributed by atoms with Crippen molar-refractivity contribution in [1.82, 2.24) is 0 Å². The number of aliphatic hydroxyl groups is 3. The van der Waals surface area contributed by atoms with Crippen LogP contribution in [0.15, 0.2) is 0 Å². The van der Waals surface area contributed by atoms with Gasteiger partial charge in [-0.25, -0.2) is 4.18 Å². The highest BCUT2D eigenvalue weighted by molar-refractivity contribution is 7.80. The number of rotatable bonds is 44. The summed E-state index contributed by atoms with van der Waals surface area (Å²) in [5.74, 6) is -0.393. The Labute approximate surface area is 366 Å². The van der Waals surface area contributed by atoms with Crippen LogP contribution in [0.2, 0.25) is 0 Å². The van der Waals surface area contributed by atoms with Gasteiger partial charge in [-0.05, 0) is 12.8 Å². The van der Waals surface area contributed by atoms with E-state index in [2.05, 4.69) is 18.0 Å². The molecule has 1 heterocycles. The lowest BCUT2D eigenvalue weighted by Crippen LogP contribution is -2.60. The summed E-state index contributed by atoms with van der Waals surface area (Å²) in [7, 11) is -5.06. The van der Waals surface area contributed by atoms with Gasteiger partial charge in [-0.15, -0.1) is 0 Å². The minimum absolute atomic E-state index is 0.0450. The Kier molecular flexibility index (Phi) is 37.8. The van der Waals surface area contributed by atoms with Gasteiger partial charge >= 0.3 is 16.4 Å². The molecule has 60 heavy (non-hydrogen) atoms. The average molecular weight is 881 g/mol. The minimum Gasteiger partial charge on any atom is -0.457 e. The standard InChI is InChI=1S/C47H92O12S/c1-3-5-7-9-11-13-15-17-19-20-21-22-23-25-27-29-31-33-35-37-55-39-41(40-56-47-45(51)46(59-60(52,53)54)44(50)42(38-48)58-47)57-43(49)36-34-32-30-28-26-24-18-16-14-12-10-8-6-4-2/h41-42,44-48,50-51H,3-40H2,1-2H3,(H,52,53,54). The first-order valence-corrected chi connectivity index (χ1v) is 26.2. The van der Waals surface area contributed by atoms with Gasteiger partial charge in [-0.2, -0.15) is 8.42 Å². The molecule has 358 valence electrons. The second kappa shape index (κ2) is 39.7. The Morgan fingerprint density at radius 2 is 0.950 bits per heavy atom. The van der Waals surface area contributed by atoms with Crippen LogP contribution in [0.1, 0.15) is 232 Å². The molecule has 0 radical (unpaired) electrons. The highest BCUT2D eigenvalue weighted by Crippen LogP contribution is 2.26. The molecule has 0 spiro atoms. The Hall–Kier alpha value is -0.900. The van der Waals surface area contributed by atoms with E-state index in [-0.39, 0.29) is 19.6 Å². The number of carbonyl (C=O) groups excluding carboxylic acids is 1. The Morgan fingerprint density at radius 3 is 1.33 bits per heavy atom. The molecule has 0 aromatic heterocycles. The van der Waals surface area contributed by atoms with E-state index in [9.17, 15) is 33.1 Å². The first-order valence-electron chi connectivity index (χ1n) is 24.8. The summed E-state index contributed by atoms with van der Waals surface area (Å²) in [6.45, 7) is 4.04. The Bertz CT molecular complexity index is 1060. The smallest absolute Gasteiger partial charge is 0.397 e. The maximum Gasteiger partial charge on any atom is 0.397 e. The number of unbranched alkanes of at least 4 members (excludes halogenated alkanes) is 31. The lowest BCUT2D eigenvalue weighted by Gasteiger charge is -2.41. The van der Waals surface area contributed by atoms with Crippen LogP contribution in [-0.2, 0) is 38.3 Å². The van der Waals surface area contributed by atoms with Gasteiger partial charge in [-0.3, -0.25) is 9.35 Å². The van der Waals surface area contributed by atoms with Crippen molar-refractivity contribution in [2.45, 2.75) is 269 Å². The van der Waals surface area contributed by atoms with E-state index < -0.39 is 59.8 Å². The Balaban J connectivity index is 2.35. The summed E-state index contributed by atoms with van der Waals surface area (Å²) < 4.78 is 59.2. The van der Waals surface area contributed by atoms with E-state index in [0.717, 1.165) is 38.5 Å². The number of carbonyl (C=O) groups is 1. The fraction of sp³-hybridized carbons (Fsp3) is 0.979. The number of aliphatic hydroxyl groups excluding tert-OH is 3. The summed E-state index contributed by atoms with van der Waals surface area (Å²) in [5, 5.41) is 30.7. The zero-order valence-corrected chi connectivity index (χ0v) is 39.1. The third-order valence-corrected chi connectivity index (χ3v) is 12.2. The van der Waals surface area contributed by atoms with Gasteiger partial charge in [0.15, 0.2) is 6.29 Å². The minimum atomic E-state index is -5.06. The largest absolute Gasteiger partial charge is 0.457 e. The molecule has 1 rings (SSSR count). The second-order valence-corrected chi connectivity index (χ2v) is 18.5. The van der Waals surface area contributed by atoms with Crippen molar-refractivity contribution in [1.29, 1.82) is 0 Å². The molecule has 6 unspecified atom stereocenters. The summed E-state index contributed by atoms with van der Waals surface area (Å²) >= 11 is 0. The molecular weight excluding hydrogens is 789 g/mol. The molecule has 4 N–H and O–H groups in total. The number of ether oxygens (including phenoxy) is 4. The molecule has 0 aliphatic carbocycles. The van der Waals surface area contributed by atoms with E-state index in [1.807, 2.05) is 0 Å². The number of hydrogen-bond acceptors (Lipinski definition) is 11. The van der Waals surface area contributed by atoms with Crippen LogP contribution in [0.5, 0.6) is 0 Å². The molecule has 1 fully saturated rings. The fourth-order valence-corrected chi connectivity index (χ4v) is 8.48. The van der Waals surface area contributed by atoms with Crippen molar-refractivity contribution in [2.75, 3.05) is 26.4 Å². The van der Waals surface area contributed by atoms with Gasteiger partial charge in [0, 0.05) is 13.0 Å². The van der Waals surface area contributed by atoms with E-state index in [4.69, 9.17) is 18.9 Å². The van der Waals surface area contributed by atoms with Crippen LogP contribution >= 0.6 is 0 Å². The molecule has 0 saturated carbocycles. The third kappa shape index (κ3) is 32.7. The van der Waals surface area contributed by atoms with Gasteiger partial charge in [0.1, 0.15) is 30.5 Å². The summed E-state index contributed by atoms with van der Waals surface area (Å²) in [4.78, 5) is 12.9. The lowest BCUT2D eigenvalue weighted by molar-refractivity contribution is -0.301. The maximum atomic E-state index is 12.9. The van der Waals surface area contributed by atoms with E-state index in [1.165, 1.54) is 167 Å². The van der Waals surface area contributed by atoms with Crippen LogP contribution in [0.25, 0.3) is 0 Å². The van der Waals surface area contributed by atoms with Crippen LogP contribution in [-0.4, -0.2) is 97.5 Å². The zero-order valence-electron chi connectivity index (χ0n) is 38.3. The van der Waals surface area contributed by atoms with Gasteiger partial charge in [0.05, 0.1) is 19.8 Å². The molecule has 0 amide bonds. The molecular formula is C47H92O12S. The highest BCUT2D eigenvalue weighted by atomic mass is 32.3. The monoisotopic (exact) mass is 881 g/mol. The summed E-state index contributed by atoms with van der Waals surface area (Å²) in [6, 6.07) is 0. The van der Waals surface area contributed by atoms with E-state index in [1.54, 1.807) is 0 Å². The predicted molar refractivity (Wildman–Crippen MR) is 239 cm³/mol. The van der Waals surface area contributed by atoms with Gasteiger partial charge in [0.2, 0.25) is 0 Å².